The fourth-order valence-electron chi connectivity index (χ4n) is 8.56. The number of carbonyl (C=O) groups is 4. The standard InChI is InChI=1S/C36H30Cl2FN5O11/c1-40(2)29-23(43(50)51)13-19(14-24(29)44(52)53)41-31(46)21-10-9-20-22(27(21)32(41)47)15-35(37)33(48)42(18-7-5-17(39)6-8-18)34(49)36(35,38)28(20)16-11-25(54-3)30(45)26(12-16)55-4/h5-9,11-14,21-22,27-28,45H,10,15H2,1-4H3. The second-order valence-electron chi connectivity index (χ2n) is 13.8. The van der Waals surface area contributed by atoms with Gasteiger partial charge in [0, 0.05) is 32.1 Å². The van der Waals surface area contributed by atoms with Gasteiger partial charge >= 0.3 is 11.4 Å². The quantitative estimate of drug-likeness (QED) is 0.103. The molecule has 0 radical (unpaired) electrons. The number of methoxy groups -OCH3 is 2. The molecule has 6 atom stereocenters. The van der Waals surface area contributed by atoms with Crippen LogP contribution in [0.25, 0.3) is 0 Å². The number of phenols is 1. The lowest BCUT2D eigenvalue weighted by Gasteiger charge is -2.50. The van der Waals surface area contributed by atoms with Gasteiger partial charge in [-0.05, 0) is 60.7 Å². The Labute approximate surface area is 320 Å². The topological polar surface area (TPSA) is 203 Å². The first-order chi connectivity index (χ1) is 25.9. The first-order valence-corrected chi connectivity index (χ1v) is 17.4. The minimum Gasteiger partial charge on any atom is -0.502 e. The molecule has 6 unspecified atom stereocenters. The van der Waals surface area contributed by atoms with Gasteiger partial charge in [0.05, 0.1) is 47.3 Å². The maximum absolute atomic E-state index is 14.6. The number of amides is 4. The van der Waals surface area contributed by atoms with E-state index < -0.39 is 102 Å². The molecule has 0 aromatic heterocycles. The number of allylic oxidation sites excluding steroid dienone is 2. The lowest BCUT2D eigenvalue weighted by atomic mass is 9.56. The van der Waals surface area contributed by atoms with Crippen molar-refractivity contribution >= 4 is 75.3 Å². The van der Waals surface area contributed by atoms with Crippen LogP contribution in [0.4, 0.5) is 32.8 Å². The maximum Gasteiger partial charge on any atom is 0.301 e. The highest BCUT2D eigenvalue weighted by molar-refractivity contribution is 6.58. The molecule has 0 bridgehead atoms. The number of carbonyl (C=O) groups excluding carboxylic acids is 4. The molecule has 7 rings (SSSR count). The van der Waals surface area contributed by atoms with Gasteiger partial charge in [0.1, 0.15) is 5.82 Å². The molecule has 4 aliphatic rings. The van der Waals surface area contributed by atoms with Crippen molar-refractivity contribution in [2.75, 3.05) is 43.0 Å². The van der Waals surface area contributed by atoms with E-state index in [0.717, 1.165) is 29.2 Å². The monoisotopic (exact) mass is 797 g/mol. The van der Waals surface area contributed by atoms with Crippen molar-refractivity contribution in [2.45, 2.75) is 28.5 Å². The predicted octanol–water partition coefficient (Wildman–Crippen LogP) is 5.20. The summed E-state index contributed by atoms with van der Waals surface area (Å²) in [6.07, 6.45) is 1.06. The summed E-state index contributed by atoms with van der Waals surface area (Å²) in [6, 6.07) is 9.04. The average molecular weight is 799 g/mol. The Kier molecular flexibility index (Phi) is 8.80. The minimum absolute atomic E-state index is 0.0389. The second kappa shape index (κ2) is 12.9. The molecule has 1 saturated carbocycles. The van der Waals surface area contributed by atoms with Crippen molar-refractivity contribution in [3.05, 3.63) is 91.8 Å². The van der Waals surface area contributed by atoms with E-state index in [2.05, 4.69) is 0 Å². The molecule has 1 N–H and O–H groups in total. The SMILES string of the molecule is COc1cc(C2C3=CCC4C(=O)N(c5cc([N+](=O)[O-])c(N(C)C)c([N+](=O)[O-])c5)C(=O)C4C3CC3(Cl)C(=O)N(c4ccc(F)cc4)C(=O)C23Cl)cc(OC)c1O. The van der Waals surface area contributed by atoms with E-state index in [9.17, 15) is 48.9 Å². The van der Waals surface area contributed by atoms with Crippen LogP contribution < -0.4 is 24.2 Å². The number of phenolic OH excluding ortho intramolecular Hbond substituents is 1. The number of rotatable bonds is 8. The predicted molar refractivity (Wildman–Crippen MR) is 194 cm³/mol. The van der Waals surface area contributed by atoms with Gasteiger partial charge in [-0.3, -0.25) is 39.4 Å². The van der Waals surface area contributed by atoms with E-state index in [1.807, 2.05) is 0 Å². The Bertz CT molecular complexity index is 2230. The van der Waals surface area contributed by atoms with Crippen LogP contribution in [-0.2, 0) is 19.2 Å². The first kappa shape index (κ1) is 37.5. The van der Waals surface area contributed by atoms with Crippen LogP contribution in [0.1, 0.15) is 24.3 Å². The lowest BCUT2D eigenvalue weighted by molar-refractivity contribution is -0.392. The summed E-state index contributed by atoms with van der Waals surface area (Å²) in [5.41, 5.74) is -1.72. The molecule has 3 aromatic rings. The van der Waals surface area contributed by atoms with Crippen LogP contribution in [0.3, 0.4) is 0 Å². The maximum atomic E-state index is 14.6. The zero-order chi connectivity index (χ0) is 40.0. The molecule has 2 heterocycles. The number of halogens is 3. The van der Waals surface area contributed by atoms with E-state index >= 15 is 0 Å². The molecule has 55 heavy (non-hydrogen) atoms. The third-order valence-electron chi connectivity index (χ3n) is 10.9. The number of hydrogen-bond donors (Lipinski definition) is 1. The van der Waals surface area contributed by atoms with Crippen LogP contribution in [-0.4, -0.2) is 76.6 Å². The number of nitro benzene ring substituents is 2. The Balaban J connectivity index is 1.42. The fraction of sp³-hybridized carbons (Fsp3) is 0.333. The van der Waals surface area contributed by atoms with Gasteiger partial charge in [0.25, 0.3) is 11.8 Å². The van der Waals surface area contributed by atoms with E-state index in [-0.39, 0.29) is 34.9 Å². The Hall–Kier alpha value is -5.81. The van der Waals surface area contributed by atoms with E-state index in [1.54, 1.807) is 6.08 Å². The smallest absolute Gasteiger partial charge is 0.301 e. The summed E-state index contributed by atoms with van der Waals surface area (Å²) in [5, 5.41) is 35.1. The Morgan fingerprint density at radius 2 is 1.42 bits per heavy atom. The number of benzene rings is 3. The number of imide groups is 2. The molecule has 2 aliphatic carbocycles. The molecule has 16 nitrogen and oxygen atoms in total. The number of aromatic hydroxyl groups is 1. The minimum atomic E-state index is -2.32. The fourth-order valence-corrected chi connectivity index (χ4v) is 9.50. The summed E-state index contributed by atoms with van der Waals surface area (Å²) in [7, 11) is 5.28. The van der Waals surface area contributed by atoms with Gasteiger partial charge < -0.3 is 19.5 Å². The molecule has 3 aromatic carbocycles. The highest BCUT2D eigenvalue weighted by Gasteiger charge is 2.76. The number of ether oxygens (including phenoxy) is 2. The van der Waals surface area contributed by atoms with Gasteiger partial charge in [-0.2, -0.15) is 0 Å². The van der Waals surface area contributed by atoms with Crippen LogP contribution in [0.15, 0.2) is 60.2 Å². The van der Waals surface area contributed by atoms with Crippen LogP contribution in [0.5, 0.6) is 17.2 Å². The van der Waals surface area contributed by atoms with Crippen molar-refractivity contribution in [1.29, 1.82) is 0 Å². The largest absolute Gasteiger partial charge is 0.502 e. The zero-order valence-electron chi connectivity index (χ0n) is 29.3. The number of hydrogen-bond acceptors (Lipinski definition) is 12. The third kappa shape index (κ3) is 5.16. The molecule has 19 heteroatoms. The van der Waals surface area contributed by atoms with Crippen molar-refractivity contribution in [3.8, 4) is 17.2 Å². The van der Waals surface area contributed by atoms with Crippen molar-refractivity contribution in [3.63, 3.8) is 0 Å². The second-order valence-corrected chi connectivity index (χ2v) is 15.0. The molecule has 286 valence electrons. The molecule has 2 aliphatic heterocycles. The zero-order valence-corrected chi connectivity index (χ0v) is 30.8. The number of alkyl halides is 2. The lowest BCUT2D eigenvalue weighted by Crippen LogP contribution is -2.60. The van der Waals surface area contributed by atoms with Gasteiger partial charge in [-0.15, -0.1) is 23.2 Å². The number of anilines is 3. The molecule has 3 fully saturated rings. The molecule has 2 saturated heterocycles. The van der Waals surface area contributed by atoms with Crippen molar-refractivity contribution in [2.24, 2.45) is 17.8 Å². The first-order valence-electron chi connectivity index (χ1n) is 16.6. The Morgan fingerprint density at radius 3 is 1.93 bits per heavy atom. The summed E-state index contributed by atoms with van der Waals surface area (Å²) in [5.74, 6) is -9.65. The van der Waals surface area contributed by atoms with Gasteiger partial charge in [0.2, 0.25) is 17.6 Å². The number of nitro groups is 2. The summed E-state index contributed by atoms with van der Waals surface area (Å²) in [6.45, 7) is 0. The normalized spacial score (nSPS) is 27.0. The van der Waals surface area contributed by atoms with Crippen molar-refractivity contribution < 1.29 is 48.0 Å². The van der Waals surface area contributed by atoms with Gasteiger partial charge in [0.15, 0.2) is 26.9 Å². The summed E-state index contributed by atoms with van der Waals surface area (Å²) in [4.78, 5) is 78.4. The van der Waals surface area contributed by atoms with Crippen molar-refractivity contribution in [1.82, 2.24) is 0 Å². The summed E-state index contributed by atoms with van der Waals surface area (Å²) >= 11 is 14.8. The van der Waals surface area contributed by atoms with Gasteiger partial charge in [-0.25, -0.2) is 14.2 Å². The molecular formula is C36H30Cl2FN5O11. The van der Waals surface area contributed by atoms with Crippen LogP contribution in [0.2, 0.25) is 0 Å². The third-order valence-corrected chi connectivity index (χ3v) is 12.3. The Morgan fingerprint density at radius 1 is 0.855 bits per heavy atom. The highest BCUT2D eigenvalue weighted by atomic mass is 35.5. The van der Waals surface area contributed by atoms with E-state index in [0.29, 0.717) is 10.5 Å². The molecule has 0 spiro atoms. The average Bonchev–Trinajstić information content (AvgIpc) is 3.48. The summed E-state index contributed by atoms with van der Waals surface area (Å²) < 4.78 is 24.7. The van der Waals surface area contributed by atoms with Gasteiger partial charge in [-0.1, -0.05) is 11.6 Å². The van der Waals surface area contributed by atoms with Crippen LogP contribution >= 0.6 is 23.2 Å². The van der Waals surface area contributed by atoms with E-state index in [1.165, 1.54) is 57.5 Å². The number of nitrogens with zero attached hydrogens (tertiary/aromatic N) is 5. The van der Waals surface area contributed by atoms with Crippen LogP contribution in [0, 0.1) is 43.8 Å². The molecule has 4 amide bonds. The van der Waals surface area contributed by atoms with E-state index in [4.69, 9.17) is 32.7 Å². The molecular weight excluding hydrogens is 768 g/mol. The highest BCUT2D eigenvalue weighted by Crippen LogP contribution is 2.66. The number of fused-ring (bicyclic) bond motifs is 4.